The third-order valence-electron chi connectivity index (χ3n) is 4.48. The van der Waals surface area contributed by atoms with Gasteiger partial charge in [-0.2, -0.15) is 16.1 Å². The third-order valence-corrected chi connectivity index (χ3v) is 7.35. The van der Waals surface area contributed by atoms with Gasteiger partial charge >= 0.3 is 0 Å². The molecule has 1 saturated heterocycles. The van der Waals surface area contributed by atoms with Crippen molar-refractivity contribution < 1.29 is 17.2 Å². The van der Waals surface area contributed by atoms with E-state index < -0.39 is 21.7 Å². The van der Waals surface area contributed by atoms with E-state index in [2.05, 4.69) is 0 Å². The SMILES string of the molecule is Cc1ccc(/C=C/S(=O)(=O)N2CCSC(c3cc(F)ccc3F)CC2)cc1. The fourth-order valence-electron chi connectivity index (χ4n) is 2.94. The summed E-state index contributed by atoms with van der Waals surface area (Å²) in [6, 6.07) is 11.0. The average molecular weight is 410 g/mol. The lowest BCUT2D eigenvalue weighted by atomic mass is 10.1. The number of hydrogen-bond donors (Lipinski definition) is 0. The maximum Gasteiger partial charge on any atom is 0.236 e. The lowest BCUT2D eigenvalue weighted by Gasteiger charge is -2.18. The fraction of sp³-hybridized carbons (Fsp3) is 0.300. The molecule has 1 aliphatic heterocycles. The summed E-state index contributed by atoms with van der Waals surface area (Å²) >= 11 is 1.46. The number of aryl methyl sites for hydroxylation is 1. The van der Waals surface area contributed by atoms with Gasteiger partial charge in [0.2, 0.25) is 10.0 Å². The minimum Gasteiger partial charge on any atom is -0.208 e. The minimum atomic E-state index is -3.57. The maximum atomic E-state index is 14.0. The Balaban J connectivity index is 1.71. The van der Waals surface area contributed by atoms with Gasteiger partial charge in [0.25, 0.3) is 0 Å². The summed E-state index contributed by atoms with van der Waals surface area (Å²) < 4.78 is 54.2. The predicted octanol–water partition coefficient (Wildman–Crippen LogP) is 4.75. The summed E-state index contributed by atoms with van der Waals surface area (Å²) in [5, 5.41) is 0.952. The lowest BCUT2D eigenvalue weighted by Crippen LogP contribution is -2.31. The van der Waals surface area contributed by atoms with Crippen molar-refractivity contribution in [1.29, 1.82) is 0 Å². The molecule has 1 heterocycles. The highest BCUT2D eigenvalue weighted by molar-refractivity contribution is 7.99. The monoisotopic (exact) mass is 409 g/mol. The maximum absolute atomic E-state index is 14.0. The summed E-state index contributed by atoms with van der Waals surface area (Å²) in [5.74, 6) is -0.413. The van der Waals surface area contributed by atoms with E-state index in [0.29, 0.717) is 24.3 Å². The van der Waals surface area contributed by atoms with Crippen molar-refractivity contribution in [3.63, 3.8) is 0 Å². The first kappa shape index (κ1) is 20.0. The van der Waals surface area contributed by atoms with Gasteiger partial charge in [0, 0.05) is 35.1 Å². The summed E-state index contributed by atoms with van der Waals surface area (Å²) in [6.07, 6.45) is 2.01. The van der Waals surface area contributed by atoms with E-state index in [1.54, 1.807) is 6.08 Å². The second kappa shape index (κ2) is 8.54. The van der Waals surface area contributed by atoms with Crippen molar-refractivity contribution in [2.45, 2.75) is 18.6 Å². The number of rotatable bonds is 4. The predicted molar refractivity (Wildman–Crippen MR) is 107 cm³/mol. The summed E-state index contributed by atoms with van der Waals surface area (Å²) in [6.45, 7) is 2.59. The van der Waals surface area contributed by atoms with Gasteiger partial charge in [-0.25, -0.2) is 17.2 Å². The smallest absolute Gasteiger partial charge is 0.208 e. The Morgan fingerprint density at radius 3 is 2.59 bits per heavy atom. The summed E-state index contributed by atoms with van der Waals surface area (Å²) in [5.41, 5.74) is 2.22. The fourth-order valence-corrected chi connectivity index (χ4v) is 5.51. The largest absolute Gasteiger partial charge is 0.236 e. The second-order valence-corrected chi connectivity index (χ2v) is 9.60. The van der Waals surface area contributed by atoms with Crippen LogP contribution in [0.5, 0.6) is 0 Å². The number of sulfonamides is 1. The molecular formula is C20H21F2NO2S2. The van der Waals surface area contributed by atoms with Crippen LogP contribution in [-0.2, 0) is 10.0 Å². The van der Waals surface area contributed by atoms with Crippen LogP contribution in [0.25, 0.3) is 6.08 Å². The molecule has 0 N–H and O–H groups in total. The average Bonchev–Trinajstić information content (AvgIpc) is 2.90. The van der Waals surface area contributed by atoms with Crippen LogP contribution in [0, 0.1) is 18.6 Å². The summed E-state index contributed by atoms with van der Waals surface area (Å²) in [4.78, 5) is 0. The van der Waals surface area contributed by atoms with Crippen molar-refractivity contribution in [2.75, 3.05) is 18.8 Å². The van der Waals surface area contributed by atoms with Crippen LogP contribution in [0.15, 0.2) is 47.9 Å². The molecule has 1 unspecified atom stereocenters. The molecule has 0 bridgehead atoms. The Morgan fingerprint density at radius 2 is 1.85 bits per heavy atom. The van der Waals surface area contributed by atoms with E-state index in [4.69, 9.17) is 0 Å². The van der Waals surface area contributed by atoms with Crippen molar-refractivity contribution >= 4 is 27.9 Å². The molecule has 0 aromatic heterocycles. The molecule has 27 heavy (non-hydrogen) atoms. The number of halogens is 2. The molecular weight excluding hydrogens is 388 g/mol. The number of hydrogen-bond acceptors (Lipinski definition) is 3. The standard InChI is InChI=1S/C20H21F2NO2S2/c1-15-2-4-16(5-3-15)9-13-27(24,25)23-10-8-20(26-12-11-23)18-14-17(21)6-7-19(18)22/h2-7,9,13-14,20H,8,10-12H2,1H3/b13-9+. The van der Waals surface area contributed by atoms with Gasteiger partial charge in [-0.15, -0.1) is 0 Å². The van der Waals surface area contributed by atoms with Crippen LogP contribution in [0.3, 0.4) is 0 Å². The highest BCUT2D eigenvalue weighted by Gasteiger charge is 2.26. The molecule has 1 aliphatic rings. The quantitative estimate of drug-likeness (QED) is 0.731. The molecule has 1 atom stereocenters. The Labute approximate surface area is 163 Å². The number of thioether (sulfide) groups is 1. The molecule has 3 nitrogen and oxygen atoms in total. The van der Waals surface area contributed by atoms with Crippen molar-refractivity contribution in [3.8, 4) is 0 Å². The molecule has 144 valence electrons. The Morgan fingerprint density at radius 1 is 1.11 bits per heavy atom. The van der Waals surface area contributed by atoms with Gasteiger partial charge in [-0.1, -0.05) is 29.8 Å². The number of nitrogens with zero attached hydrogens (tertiary/aromatic N) is 1. The second-order valence-electron chi connectivity index (χ2n) is 6.47. The molecule has 0 spiro atoms. The van der Waals surface area contributed by atoms with E-state index in [-0.39, 0.29) is 11.8 Å². The van der Waals surface area contributed by atoms with E-state index in [9.17, 15) is 17.2 Å². The third kappa shape index (κ3) is 5.18. The van der Waals surface area contributed by atoms with Crippen LogP contribution in [-0.4, -0.2) is 31.6 Å². The van der Waals surface area contributed by atoms with Gasteiger partial charge < -0.3 is 0 Å². The van der Waals surface area contributed by atoms with Gasteiger partial charge in [-0.05, 0) is 43.2 Å². The zero-order chi connectivity index (χ0) is 19.4. The highest BCUT2D eigenvalue weighted by Crippen LogP contribution is 2.36. The first-order chi connectivity index (χ1) is 12.8. The van der Waals surface area contributed by atoms with Crippen LogP contribution in [0.2, 0.25) is 0 Å². The molecule has 7 heteroatoms. The van der Waals surface area contributed by atoms with Gasteiger partial charge in [-0.3, -0.25) is 0 Å². The molecule has 0 amide bonds. The Hall–Kier alpha value is -1.70. The lowest BCUT2D eigenvalue weighted by molar-refractivity contribution is 0.433. The first-order valence-electron chi connectivity index (χ1n) is 8.66. The highest BCUT2D eigenvalue weighted by atomic mass is 32.2. The molecule has 0 saturated carbocycles. The van der Waals surface area contributed by atoms with Crippen LogP contribution in [0.1, 0.15) is 28.4 Å². The summed E-state index contributed by atoms with van der Waals surface area (Å²) in [7, 11) is -3.57. The van der Waals surface area contributed by atoms with Gasteiger partial charge in [0.15, 0.2) is 0 Å². The number of benzene rings is 2. The van der Waals surface area contributed by atoms with Crippen LogP contribution in [0.4, 0.5) is 8.78 Å². The molecule has 0 aliphatic carbocycles. The molecule has 2 aromatic carbocycles. The first-order valence-corrected chi connectivity index (χ1v) is 11.2. The zero-order valence-electron chi connectivity index (χ0n) is 14.9. The molecule has 3 rings (SSSR count). The topological polar surface area (TPSA) is 37.4 Å². The van der Waals surface area contributed by atoms with Crippen molar-refractivity contribution in [3.05, 3.63) is 76.2 Å². The van der Waals surface area contributed by atoms with Gasteiger partial charge in [0.1, 0.15) is 11.6 Å². The van der Waals surface area contributed by atoms with Crippen LogP contribution >= 0.6 is 11.8 Å². The van der Waals surface area contributed by atoms with Crippen LogP contribution < -0.4 is 0 Å². The van der Waals surface area contributed by atoms with Gasteiger partial charge in [0.05, 0.1) is 0 Å². The van der Waals surface area contributed by atoms with E-state index in [1.807, 2.05) is 31.2 Å². The molecule has 2 aromatic rings. The van der Waals surface area contributed by atoms with E-state index in [0.717, 1.165) is 23.3 Å². The minimum absolute atomic E-state index is 0.262. The Bertz CT molecular complexity index is 927. The molecule has 1 fully saturated rings. The van der Waals surface area contributed by atoms with E-state index in [1.165, 1.54) is 27.5 Å². The Kier molecular flexibility index (Phi) is 6.34. The van der Waals surface area contributed by atoms with Crippen molar-refractivity contribution in [2.24, 2.45) is 0 Å². The van der Waals surface area contributed by atoms with E-state index >= 15 is 0 Å². The zero-order valence-corrected chi connectivity index (χ0v) is 16.6. The van der Waals surface area contributed by atoms with Crippen molar-refractivity contribution in [1.82, 2.24) is 4.31 Å². The molecule has 0 radical (unpaired) electrons. The normalized spacial score (nSPS) is 19.3.